The van der Waals surface area contributed by atoms with Crippen molar-refractivity contribution in [3.05, 3.63) is 18.2 Å². The minimum absolute atomic E-state index is 0.452. The highest BCUT2D eigenvalue weighted by Crippen LogP contribution is 2.31. The number of rotatable bonds is 4. The average Bonchev–Trinajstić information content (AvgIpc) is 2.45. The second-order valence-electron chi connectivity index (χ2n) is 5.04. The normalized spacial score (nSPS) is 18.0. The quantitative estimate of drug-likeness (QED) is 0.479. The molecule has 1 fully saturated rings. The summed E-state index contributed by atoms with van der Waals surface area (Å²) in [6.45, 7) is 2.98. The first-order valence-corrected chi connectivity index (χ1v) is 6.58. The van der Waals surface area contributed by atoms with E-state index in [2.05, 4.69) is 4.99 Å². The number of methoxy groups -OCH3 is 2. The van der Waals surface area contributed by atoms with Gasteiger partial charge in [0.15, 0.2) is 5.92 Å². The smallest absolute Gasteiger partial charge is 0.329 e. The van der Waals surface area contributed by atoms with Crippen LogP contribution in [0.4, 0.5) is 5.69 Å². The van der Waals surface area contributed by atoms with E-state index in [1.807, 2.05) is 0 Å². The monoisotopic (exact) mass is 307 g/mol. The highest BCUT2D eigenvalue weighted by molar-refractivity contribution is 6.10. The lowest BCUT2D eigenvalue weighted by molar-refractivity contribution is -0.235. The van der Waals surface area contributed by atoms with E-state index in [9.17, 15) is 9.59 Å². The number of cyclic esters (lactones) is 2. The van der Waals surface area contributed by atoms with E-state index in [0.29, 0.717) is 17.2 Å². The van der Waals surface area contributed by atoms with Crippen molar-refractivity contribution in [1.82, 2.24) is 0 Å². The van der Waals surface area contributed by atoms with Crippen molar-refractivity contribution in [2.75, 3.05) is 14.2 Å². The summed E-state index contributed by atoms with van der Waals surface area (Å²) >= 11 is 0. The van der Waals surface area contributed by atoms with Gasteiger partial charge in [0.05, 0.1) is 14.2 Å². The SMILES string of the molecule is COc1ccc(N=CC2C(=O)OC(C)(C)OC2=O)c(OC)c1. The summed E-state index contributed by atoms with van der Waals surface area (Å²) in [5.74, 6) is -2.78. The minimum Gasteiger partial charge on any atom is -0.497 e. The number of carbonyl (C=O) groups excluding carboxylic acids is 2. The molecule has 7 heteroatoms. The Hall–Kier alpha value is -2.57. The van der Waals surface area contributed by atoms with E-state index >= 15 is 0 Å². The second-order valence-corrected chi connectivity index (χ2v) is 5.04. The van der Waals surface area contributed by atoms with Crippen molar-refractivity contribution in [2.45, 2.75) is 19.6 Å². The van der Waals surface area contributed by atoms with Crippen LogP contribution in [-0.2, 0) is 19.1 Å². The molecule has 1 saturated heterocycles. The van der Waals surface area contributed by atoms with E-state index in [-0.39, 0.29) is 0 Å². The number of hydrogen-bond acceptors (Lipinski definition) is 7. The van der Waals surface area contributed by atoms with Crippen molar-refractivity contribution >= 4 is 23.8 Å². The van der Waals surface area contributed by atoms with Gasteiger partial charge in [-0.2, -0.15) is 0 Å². The summed E-state index contributed by atoms with van der Waals surface area (Å²) in [6.07, 6.45) is 1.18. The molecule has 0 aliphatic carbocycles. The Morgan fingerprint density at radius 3 is 2.32 bits per heavy atom. The first-order chi connectivity index (χ1) is 10.4. The summed E-state index contributed by atoms with van der Waals surface area (Å²) in [7, 11) is 3.02. The van der Waals surface area contributed by atoms with Gasteiger partial charge in [0.25, 0.3) is 5.79 Å². The molecule has 0 bridgehead atoms. The van der Waals surface area contributed by atoms with E-state index < -0.39 is 23.6 Å². The number of hydrogen-bond donors (Lipinski definition) is 0. The maximum Gasteiger partial charge on any atom is 0.329 e. The highest BCUT2D eigenvalue weighted by Gasteiger charge is 2.42. The zero-order valence-corrected chi connectivity index (χ0v) is 12.8. The van der Waals surface area contributed by atoms with Crippen molar-refractivity contribution < 1.29 is 28.5 Å². The zero-order chi connectivity index (χ0) is 16.3. The Morgan fingerprint density at radius 1 is 1.14 bits per heavy atom. The summed E-state index contributed by atoms with van der Waals surface area (Å²) in [5.41, 5.74) is 0.453. The fraction of sp³-hybridized carbons (Fsp3) is 0.400. The lowest BCUT2D eigenvalue weighted by Crippen LogP contribution is -2.46. The molecule has 0 aromatic heterocycles. The fourth-order valence-corrected chi connectivity index (χ4v) is 1.90. The van der Waals surface area contributed by atoms with Gasteiger partial charge in [-0.15, -0.1) is 0 Å². The van der Waals surface area contributed by atoms with Crippen LogP contribution in [-0.4, -0.2) is 38.2 Å². The van der Waals surface area contributed by atoms with Crippen molar-refractivity contribution in [3.8, 4) is 11.5 Å². The Balaban J connectivity index is 2.21. The molecule has 22 heavy (non-hydrogen) atoms. The van der Waals surface area contributed by atoms with E-state index in [0.717, 1.165) is 0 Å². The molecule has 1 aliphatic heterocycles. The predicted octanol–water partition coefficient (Wildman–Crippen LogP) is 1.86. The van der Waals surface area contributed by atoms with Crippen LogP contribution in [0.15, 0.2) is 23.2 Å². The van der Waals surface area contributed by atoms with Gasteiger partial charge in [-0.1, -0.05) is 0 Å². The van der Waals surface area contributed by atoms with E-state index in [1.165, 1.54) is 34.3 Å². The second kappa shape index (κ2) is 6.05. The highest BCUT2D eigenvalue weighted by atomic mass is 16.7. The number of ether oxygens (including phenoxy) is 4. The molecule has 0 radical (unpaired) electrons. The molecule has 7 nitrogen and oxygen atoms in total. The average molecular weight is 307 g/mol. The molecular weight excluding hydrogens is 290 g/mol. The third-order valence-electron chi connectivity index (χ3n) is 2.95. The third-order valence-corrected chi connectivity index (χ3v) is 2.95. The predicted molar refractivity (Wildman–Crippen MR) is 77.5 cm³/mol. The number of esters is 2. The van der Waals surface area contributed by atoms with Crippen LogP contribution in [0.2, 0.25) is 0 Å². The van der Waals surface area contributed by atoms with Gasteiger partial charge < -0.3 is 18.9 Å². The Kier molecular flexibility index (Phi) is 4.35. The van der Waals surface area contributed by atoms with Crippen LogP contribution in [0.3, 0.4) is 0 Å². The maximum atomic E-state index is 11.8. The Morgan fingerprint density at radius 2 is 1.77 bits per heavy atom. The van der Waals surface area contributed by atoms with Crippen LogP contribution in [0.25, 0.3) is 0 Å². The number of nitrogens with zero attached hydrogens (tertiary/aromatic N) is 1. The number of benzene rings is 1. The largest absolute Gasteiger partial charge is 0.497 e. The van der Waals surface area contributed by atoms with Crippen molar-refractivity contribution in [2.24, 2.45) is 10.9 Å². The molecule has 1 heterocycles. The third kappa shape index (κ3) is 3.36. The maximum absolute atomic E-state index is 11.8. The van der Waals surface area contributed by atoms with Crippen LogP contribution < -0.4 is 9.47 Å². The van der Waals surface area contributed by atoms with Crippen molar-refractivity contribution in [1.29, 1.82) is 0 Å². The van der Waals surface area contributed by atoms with Crippen LogP contribution in [0, 0.1) is 5.92 Å². The van der Waals surface area contributed by atoms with Crippen LogP contribution in [0.1, 0.15) is 13.8 Å². The van der Waals surface area contributed by atoms with Crippen LogP contribution >= 0.6 is 0 Å². The van der Waals surface area contributed by atoms with Gasteiger partial charge in [0, 0.05) is 26.1 Å². The molecule has 118 valence electrons. The lowest BCUT2D eigenvalue weighted by Gasteiger charge is -2.31. The minimum atomic E-state index is -1.25. The molecule has 0 atom stereocenters. The number of carbonyl (C=O) groups is 2. The molecule has 0 spiro atoms. The molecule has 0 N–H and O–H groups in total. The first-order valence-electron chi connectivity index (χ1n) is 6.58. The topological polar surface area (TPSA) is 83.4 Å². The molecule has 0 unspecified atom stereocenters. The Labute approximate surface area is 127 Å². The first kappa shape index (κ1) is 15.8. The molecule has 1 aliphatic rings. The van der Waals surface area contributed by atoms with Gasteiger partial charge in [-0.3, -0.25) is 14.6 Å². The van der Waals surface area contributed by atoms with Crippen LogP contribution in [0.5, 0.6) is 11.5 Å². The molecule has 0 saturated carbocycles. The number of aliphatic imine (C=N–C) groups is 1. The zero-order valence-electron chi connectivity index (χ0n) is 12.8. The molecule has 1 aromatic rings. The Bertz CT molecular complexity index is 602. The summed E-state index contributed by atoms with van der Waals surface area (Å²) in [4.78, 5) is 27.8. The van der Waals surface area contributed by atoms with Crippen molar-refractivity contribution in [3.63, 3.8) is 0 Å². The summed E-state index contributed by atoms with van der Waals surface area (Å²) < 4.78 is 20.3. The fourth-order valence-electron chi connectivity index (χ4n) is 1.90. The van der Waals surface area contributed by atoms with Gasteiger partial charge in [-0.05, 0) is 12.1 Å². The van der Waals surface area contributed by atoms with Gasteiger partial charge >= 0.3 is 11.9 Å². The molecule has 0 amide bonds. The summed E-state index contributed by atoms with van der Waals surface area (Å²) in [5, 5.41) is 0. The van der Waals surface area contributed by atoms with Gasteiger partial charge in [0.2, 0.25) is 0 Å². The summed E-state index contributed by atoms with van der Waals surface area (Å²) in [6, 6.07) is 4.99. The molecular formula is C15H17NO6. The van der Waals surface area contributed by atoms with Gasteiger partial charge in [0.1, 0.15) is 17.2 Å². The molecule has 2 rings (SSSR count). The lowest BCUT2D eigenvalue weighted by atomic mass is 10.1. The van der Waals surface area contributed by atoms with E-state index in [1.54, 1.807) is 18.2 Å². The van der Waals surface area contributed by atoms with E-state index in [4.69, 9.17) is 18.9 Å². The van der Waals surface area contributed by atoms with Gasteiger partial charge in [-0.25, -0.2) is 0 Å². The standard InChI is InChI=1S/C15H17NO6/c1-15(2)21-13(17)10(14(18)22-15)8-16-11-6-5-9(19-3)7-12(11)20-4/h5-8,10H,1-4H3. The molecule has 1 aromatic carbocycles.